The predicted molar refractivity (Wildman–Crippen MR) is 76.8 cm³/mol. The fraction of sp³-hybridized carbons (Fsp3) is 0.467. The summed E-state index contributed by atoms with van der Waals surface area (Å²) in [5.74, 6) is -0.969. The lowest BCUT2D eigenvalue weighted by molar-refractivity contribution is 0.00167. The van der Waals surface area contributed by atoms with Crippen LogP contribution in [0.4, 0.5) is 0 Å². The van der Waals surface area contributed by atoms with Crippen molar-refractivity contribution in [1.82, 2.24) is 15.0 Å². The molecule has 0 radical (unpaired) electrons. The number of ether oxygens (including phenoxy) is 2. The van der Waals surface area contributed by atoms with E-state index in [4.69, 9.17) is 9.15 Å². The summed E-state index contributed by atoms with van der Waals surface area (Å²) in [7, 11) is 1.29. The van der Waals surface area contributed by atoms with Crippen LogP contribution in [-0.2, 0) is 9.47 Å². The third-order valence-corrected chi connectivity index (χ3v) is 3.93. The van der Waals surface area contributed by atoms with Gasteiger partial charge >= 0.3 is 11.9 Å². The summed E-state index contributed by atoms with van der Waals surface area (Å²) in [5, 5.41) is 7.79. The predicted octanol–water partition coefficient (Wildman–Crippen LogP) is 2.00. The molecule has 0 N–H and O–H groups in total. The average molecular weight is 319 g/mol. The van der Waals surface area contributed by atoms with Crippen molar-refractivity contribution in [3.8, 4) is 0 Å². The minimum absolute atomic E-state index is 0.137. The molecule has 3 rings (SSSR count). The Hall–Kier alpha value is -2.64. The normalized spacial score (nSPS) is 20.9. The maximum atomic E-state index is 12.1. The molecule has 0 unspecified atom stereocenters. The molecular weight excluding hydrogens is 302 g/mol. The third kappa shape index (κ3) is 3.25. The summed E-state index contributed by atoms with van der Waals surface area (Å²) in [6, 6.07) is 1.41. The molecule has 2 aromatic rings. The molecule has 8 heteroatoms. The van der Waals surface area contributed by atoms with E-state index in [1.807, 2.05) is 0 Å². The molecule has 0 aliphatic heterocycles. The quantitative estimate of drug-likeness (QED) is 0.795. The lowest BCUT2D eigenvalue weighted by Crippen LogP contribution is -2.32. The highest BCUT2D eigenvalue weighted by Crippen LogP contribution is 2.31. The topological polar surface area (TPSA) is 96.5 Å². The van der Waals surface area contributed by atoms with Crippen LogP contribution in [0.25, 0.3) is 0 Å². The molecule has 0 saturated heterocycles. The minimum Gasteiger partial charge on any atom is -0.472 e. The number of carbonyl (C=O) groups is 2. The highest BCUT2D eigenvalue weighted by molar-refractivity contribution is 5.89. The highest BCUT2D eigenvalue weighted by atomic mass is 16.5. The molecule has 2 atom stereocenters. The fourth-order valence-corrected chi connectivity index (χ4v) is 2.74. The van der Waals surface area contributed by atoms with Crippen molar-refractivity contribution in [3.05, 3.63) is 36.0 Å². The van der Waals surface area contributed by atoms with Crippen molar-refractivity contribution in [1.29, 1.82) is 0 Å². The van der Waals surface area contributed by atoms with Crippen molar-refractivity contribution < 1.29 is 23.5 Å². The number of hydrogen-bond acceptors (Lipinski definition) is 7. The van der Waals surface area contributed by atoms with E-state index in [0.717, 1.165) is 25.7 Å². The van der Waals surface area contributed by atoms with Gasteiger partial charge in [0.05, 0.1) is 31.2 Å². The van der Waals surface area contributed by atoms with Gasteiger partial charge in [-0.15, -0.1) is 5.10 Å². The van der Waals surface area contributed by atoms with Crippen LogP contribution in [0.5, 0.6) is 0 Å². The molecule has 1 aliphatic rings. The van der Waals surface area contributed by atoms with Crippen LogP contribution < -0.4 is 0 Å². The van der Waals surface area contributed by atoms with Gasteiger partial charge in [-0.3, -0.25) is 0 Å². The van der Waals surface area contributed by atoms with Crippen LogP contribution in [0, 0.1) is 0 Å². The smallest absolute Gasteiger partial charge is 0.360 e. The summed E-state index contributed by atoms with van der Waals surface area (Å²) in [6.45, 7) is 0. The van der Waals surface area contributed by atoms with Crippen LogP contribution in [0.15, 0.2) is 29.2 Å². The zero-order valence-electron chi connectivity index (χ0n) is 12.7. The van der Waals surface area contributed by atoms with Gasteiger partial charge in [-0.2, -0.15) is 0 Å². The van der Waals surface area contributed by atoms with Gasteiger partial charge in [-0.1, -0.05) is 11.6 Å². The number of carbonyl (C=O) groups excluding carboxylic acids is 2. The van der Waals surface area contributed by atoms with Crippen LogP contribution in [0.1, 0.15) is 52.6 Å². The van der Waals surface area contributed by atoms with Crippen LogP contribution in [0.3, 0.4) is 0 Å². The second kappa shape index (κ2) is 6.64. The first-order valence-corrected chi connectivity index (χ1v) is 7.42. The second-order valence-corrected chi connectivity index (χ2v) is 5.38. The van der Waals surface area contributed by atoms with Gasteiger partial charge in [-0.25, -0.2) is 14.3 Å². The molecule has 0 spiro atoms. The molecule has 0 aromatic carbocycles. The third-order valence-electron chi connectivity index (χ3n) is 3.93. The molecule has 8 nitrogen and oxygen atoms in total. The van der Waals surface area contributed by atoms with E-state index in [0.29, 0.717) is 5.56 Å². The fourth-order valence-electron chi connectivity index (χ4n) is 2.74. The number of esters is 2. The Morgan fingerprint density at radius 3 is 2.87 bits per heavy atom. The van der Waals surface area contributed by atoms with Gasteiger partial charge in [-0.05, 0) is 25.3 Å². The molecule has 2 heterocycles. The molecule has 1 saturated carbocycles. The monoisotopic (exact) mass is 319 g/mol. The Morgan fingerprint density at radius 2 is 2.13 bits per heavy atom. The summed E-state index contributed by atoms with van der Waals surface area (Å²) < 4.78 is 16.7. The van der Waals surface area contributed by atoms with Crippen LogP contribution in [-0.4, -0.2) is 40.1 Å². The number of furan rings is 1. The van der Waals surface area contributed by atoms with Crippen molar-refractivity contribution in [3.63, 3.8) is 0 Å². The first-order chi connectivity index (χ1) is 11.2. The summed E-state index contributed by atoms with van der Waals surface area (Å²) >= 11 is 0. The molecule has 23 heavy (non-hydrogen) atoms. The summed E-state index contributed by atoms with van der Waals surface area (Å²) in [6.07, 6.45) is 7.49. The van der Waals surface area contributed by atoms with Gasteiger partial charge in [0.25, 0.3) is 0 Å². The van der Waals surface area contributed by atoms with E-state index in [9.17, 15) is 9.59 Å². The van der Waals surface area contributed by atoms with Gasteiger partial charge in [0, 0.05) is 0 Å². The largest absolute Gasteiger partial charge is 0.472 e. The van der Waals surface area contributed by atoms with Crippen molar-refractivity contribution in [2.24, 2.45) is 0 Å². The number of aromatic nitrogens is 3. The Morgan fingerprint density at radius 1 is 1.30 bits per heavy atom. The van der Waals surface area contributed by atoms with Gasteiger partial charge in [0.2, 0.25) is 0 Å². The summed E-state index contributed by atoms with van der Waals surface area (Å²) in [4.78, 5) is 23.6. The zero-order valence-corrected chi connectivity index (χ0v) is 12.7. The Kier molecular flexibility index (Phi) is 4.40. The maximum Gasteiger partial charge on any atom is 0.360 e. The maximum absolute atomic E-state index is 12.1. The molecule has 122 valence electrons. The van der Waals surface area contributed by atoms with Gasteiger partial charge in [0.15, 0.2) is 5.69 Å². The molecule has 1 aliphatic carbocycles. The number of hydrogen-bond donors (Lipinski definition) is 0. The Labute approximate surface area is 132 Å². The van der Waals surface area contributed by atoms with E-state index < -0.39 is 11.9 Å². The zero-order chi connectivity index (χ0) is 16.2. The number of nitrogens with zero attached hydrogens (tertiary/aromatic N) is 3. The van der Waals surface area contributed by atoms with E-state index in [-0.39, 0.29) is 17.8 Å². The first kappa shape index (κ1) is 15.3. The molecule has 0 amide bonds. The highest BCUT2D eigenvalue weighted by Gasteiger charge is 2.31. The first-order valence-electron chi connectivity index (χ1n) is 7.42. The van der Waals surface area contributed by atoms with Crippen molar-refractivity contribution in [2.75, 3.05) is 7.11 Å². The minimum atomic E-state index is -0.543. The SMILES string of the molecule is COC(=O)c1cn([C@H]2CCCC[C@H]2OC(=O)c2ccoc2)nn1. The second-order valence-electron chi connectivity index (χ2n) is 5.38. The number of methoxy groups -OCH3 is 1. The van der Waals surface area contributed by atoms with E-state index in [1.165, 1.54) is 25.8 Å². The van der Waals surface area contributed by atoms with Crippen molar-refractivity contribution in [2.45, 2.75) is 37.8 Å². The summed E-state index contributed by atoms with van der Waals surface area (Å²) in [5.41, 5.74) is 0.515. The lowest BCUT2D eigenvalue weighted by atomic mass is 9.92. The van der Waals surface area contributed by atoms with E-state index in [2.05, 4.69) is 15.0 Å². The standard InChI is InChI=1S/C15H17N3O5/c1-21-15(20)11-8-18(17-16-11)12-4-2-3-5-13(12)23-14(19)10-6-7-22-9-10/h6-9,12-13H,2-5H2,1H3/t12-,13+/m0/s1. The van der Waals surface area contributed by atoms with Crippen molar-refractivity contribution >= 4 is 11.9 Å². The molecule has 2 aromatic heterocycles. The molecular formula is C15H17N3O5. The molecule has 1 fully saturated rings. The van der Waals surface area contributed by atoms with E-state index >= 15 is 0 Å². The van der Waals surface area contributed by atoms with Crippen LogP contribution >= 0.6 is 0 Å². The van der Waals surface area contributed by atoms with Gasteiger partial charge in [0.1, 0.15) is 12.4 Å². The average Bonchev–Trinajstić information content (AvgIpc) is 3.26. The van der Waals surface area contributed by atoms with Gasteiger partial charge < -0.3 is 13.9 Å². The van der Waals surface area contributed by atoms with E-state index in [1.54, 1.807) is 10.7 Å². The molecule has 0 bridgehead atoms. The number of rotatable bonds is 4. The van der Waals surface area contributed by atoms with Crippen LogP contribution in [0.2, 0.25) is 0 Å². The Balaban J connectivity index is 1.74. The lowest BCUT2D eigenvalue weighted by Gasteiger charge is -2.30. The Bertz CT molecular complexity index is 679.